The van der Waals surface area contributed by atoms with Crippen LogP contribution in [0.1, 0.15) is 34.5 Å². The first-order valence-electron chi connectivity index (χ1n) is 11.4. The molecule has 5 aromatic rings. The molecule has 1 amide bonds. The van der Waals surface area contributed by atoms with E-state index in [1.807, 2.05) is 0 Å². The molecule has 7 nitrogen and oxygen atoms in total. The number of nitrogens with one attached hydrogen (secondary N) is 1. The first-order chi connectivity index (χ1) is 18.1. The lowest BCUT2D eigenvalue weighted by molar-refractivity contribution is -0.137. The van der Waals surface area contributed by atoms with Crippen molar-refractivity contribution in [2.45, 2.75) is 19.2 Å². The number of aromatic nitrogens is 4. The SMILES string of the molecule is C[C@@H](O)c1ccc2nn(-c3ccccc3)c(NC(=O)c3cc(-c4ncccn4)c(C(F)(F)F)cc3F)c2c1. The van der Waals surface area contributed by atoms with E-state index in [-0.39, 0.29) is 17.7 Å². The van der Waals surface area contributed by atoms with Crippen molar-refractivity contribution in [1.82, 2.24) is 19.7 Å². The molecule has 0 radical (unpaired) electrons. The third kappa shape index (κ3) is 4.71. The molecule has 11 heteroatoms. The molecule has 0 fully saturated rings. The lowest BCUT2D eigenvalue weighted by Crippen LogP contribution is -2.18. The van der Waals surface area contributed by atoms with Gasteiger partial charge in [0.2, 0.25) is 0 Å². The van der Waals surface area contributed by atoms with E-state index in [0.717, 1.165) is 6.07 Å². The highest BCUT2D eigenvalue weighted by atomic mass is 19.4. The van der Waals surface area contributed by atoms with Gasteiger partial charge in [0.1, 0.15) is 11.6 Å². The van der Waals surface area contributed by atoms with Crippen molar-refractivity contribution in [2.24, 2.45) is 0 Å². The Bertz CT molecular complexity index is 1630. The molecule has 1 atom stereocenters. The van der Waals surface area contributed by atoms with Crippen LogP contribution in [0, 0.1) is 5.82 Å². The molecule has 2 heterocycles. The number of carbonyl (C=O) groups excluding carboxylic acids is 1. The maximum absolute atomic E-state index is 15.0. The van der Waals surface area contributed by atoms with Gasteiger partial charge in [-0.25, -0.2) is 19.0 Å². The Hall–Kier alpha value is -4.64. The largest absolute Gasteiger partial charge is 0.417 e. The van der Waals surface area contributed by atoms with Crippen LogP contribution >= 0.6 is 0 Å². The highest BCUT2D eigenvalue weighted by Gasteiger charge is 2.36. The molecule has 0 aliphatic carbocycles. The first-order valence-corrected chi connectivity index (χ1v) is 11.4. The van der Waals surface area contributed by atoms with E-state index in [2.05, 4.69) is 20.4 Å². The van der Waals surface area contributed by atoms with E-state index >= 15 is 4.39 Å². The van der Waals surface area contributed by atoms with Crippen molar-refractivity contribution in [3.63, 3.8) is 0 Å². The highest BCUT2D eigenvalue weighted by molar-refractivity contribution is 6.09. The van der Waals surface area contributed by atoms with Crippen molar-refractivity contribution < 1.29 is 27.5 Å². The number of para-hydroxylation sites is 1. The summed E-state index contributed by atoms with van der Waals surface area (Å²) in [6, 6.07) is 16.2. The Labute approximate surface area is 213 Å². The molecule has 38 heavy (non-hydrogen) atoms. The van der Waals surface area contributed by atoms with Gasteiger partial charge in [-0.05, 0) is 55.0 Å². The zero-order valence-electron chi connectivity index (χ0n) is 19.7. The number of anilines is 1. The Kier molecular flexibility index (Phi) is 6.37. The summed E-state index contributed by atoms with van der Waals surface area (Å²) in [5.74, 6) is -2.53. The minimum Gasteiger partial charge on any atom is -0.389 e. The van der Waals surface area contributed by atoms with E-state index in [4.69, 9.17) is 0 Å². The second kappa shape index (κ2) is 9.67. The first kappa shape index (κ1) is 25.0. The summed E-state index contributed by atoms with van der Waals surface area (Å²) in [6.45, 7) is 1.58. The number of hydrogen-bond donors (Lipinski definition) is 2. The molecule has 0 bridgehead atoms. The fraction of sp³-hybridized carbons (Fsp3) is 0.111. The van der Waals surface area contributed by atoms with Crippen LogP contribution in [0.3, 0.4) is 0 Å². The number of amides is 1. The maximum Gasteiger partial charge on any atom is 0.417 e. The van der Waals surface area contributed by atoms with Crippen molar-refractivity contribution in [3.05, 3.63) is 102 Å². The van der Waals surface area contributed by atoms with E-state index in [0.29, 0.717) is 22.2 Å². The lowest BCUT2D eigenvalue weighted by Gasteiger charge is -2.15. The molecule has 0 unspecified atom stereocenters. The molecular weight excluding hydrogens is 502 g/mol. The molecule has 2 aromatic heterocycles. The number of halogens is 4. The van der Waals surface area contributed by atoms with Gasteiger partial charge in [-0.2, -0.15) is 18.3 Å². The van der Waals surface area contributed by atoms with E-state index in [1.54, 1.807) is 55.5 Å². The van der Waals surface area contributed by atoms with Crippen LogP contribution in [0.15, 0.2) is 79.1 Å². The van der Waals surface area contributed by atoms with Gasteiger partial charge >= 0.3 is 6.18 Å². The van der Waals surface area contributed by atoms with Crippen LogP contribution in [0.2, 0.25) is 0 Å². The van der Waals surface area contributed by atoms with Crippen molar-refractivity contribution in [3.8, 4) is 17.1 Å². The number of fused-ring (bicyclic) bond motifs is 1. The summed E-state index contributed by atoms with van der Waals surface area (Å²) in [7, 11) is 0. The smallest absolute Gasteiger partial charge is 0.389 e. The number of hydrogen-bond acceptors (Lipinski definition) is 5. The van der Waals surface area contributed by atoms with Gasteiger partial charge < -0.3 is 10.4 Å². The Balaban J connectivity index is 1.65. The predicted molar refractivity (Wildman–Crippen MR) is 132 cm³/mol. The minimum atomic E-state index is -4.91. The number of alkyl halides is 3. The highest BCUT2D eigenvalue weighted by Crippen LogP contribution is 2.38. The van der Waals surface area contributed by atoms with Gasteiger partial charge in [0.05, 0.1) is 28.4 Å². The fourth-order valence-corrected chi connectivity index (χ4v) is 4.02. The molecule has 192 valence electrons. The van der Waals surface area contributed by atoms with Gasteiger partial charge in [-0.15, -0.1) is 0 Å². The van der Waals surface area contributed by atoms with E-state index in [1.165, 1.54) is 23.1 Å². The van der Waals surface area contributed by atoms with Gasteiger partial charge in [0, 0.05) is 23.3 Å². The van der Waals surface area contributed by atoms with Crippen LogP contribution in [0.5, 0.6) is 0 Å². The summed E-state index contributed by atoms with van der Waals surface area (Å²) in [5.41, 5.74) is -0.892. The predicted octanol–water partition coefficient (Wildman–Crippen LogP) is 5.95. The normalized spacial score (nSPS) is 12.5. The molecule has 0 aliphatic heterocycles. The van der Waals surface area contributed by atoms with Crippen molar-refractivity contribution in [2.75, 3.05) is 5.32 Å². The number of aliphatic hydroxyl groups excluding tert-OH is 1. The second-order valence-corrected chi connectivity index (χ2v) is 8.45. The number of rotatable bonds is 5. The molecule has 3 aromatic carbocycles. The third-order valence-corrected chi connectivity index (χ3v) is 5.87. The van der Waals surface area contributed by atoms with Crippen molar-refractivity contribution in [1.29, 1.82) is 0 Å². The zero-order chi connectivity index (χ0) is 27.0. The summed E-state index contributed by atoms with van der Waals surface area (Å²) >= 11 is 0. The maximum atomic E-state index is 15.0. The van der Waals surface area contributed by atoms with E-state index < -0.39 is 40.7 Å². The number of aliphatic hydroxyl groups is 1. The number of nitrogens with zero attached hydrogens (tertiary/aromatic N) is 4. The average Bonchev–Trinajstić information content (AvgIpc) is 3.26. The second-order valence-electron chi connectivity index (χ2n) is 8.45. The zero-order valence-corrected chi connectivity index (χ0v) is 19.7. The summed E-state index contributed by atoms with van der Waals surface area (Å²) in [5, 5.41) is 17.6. The number of benzene rings is 3. The summed E-state index contributed by atoms with van der Waals surface area (Å²) in [6.07, 6.45) is -3.24. The fourth-order valence-electron chi connectivity index (χ4n) is 4.02. The van der Waals surface area contributed by atoms with Gasteiger partial charge in [0.15, 0.2) is 5.82 Å². The average molecular weight is 521 g/mol. The summed E-state index contributed by atoms with van der Waals surface area (Å²) < 4.78 is 57.6. The standard InChI is InChI=1S/C27H19F4N5O2/c1-15(37)16-8-9-23-20(12-16)25(36(35-23)17-6-3-2-4-7-17)34-26(38)19-13-18(24-32-10-5-11-33-24)21(14-22(19)28)27(29,30)31/h2-15,37H,1H3,(H,34,38)/t15-/m1/s1. The van der Waals surface area contributed by atoms with Crippen molar-refractivity contribution >= 4 is 22.6 Å². The van der Waals surface area contributed by atoms with Crippen LogP contribution in [-0.2, 0) is 6.18 Å². The topological polar surface area (TPSA) is 92.9 Å². The third-order valence-electron chi connectivity index (χ3n) is 5.87. The van der Waals surface area contributed by atoms with Crippen LogP contribution < -0.4 is 5.32 Å². The number of carbonyl (C=O) groups is 1. The quantitative estimate of drug-likeness (QED) is 0.279. The summed E-state index contributed by atoms with van der Waals surface area (Å²) in [4.78, 5) is 21.1. The molecular formula is C27H19F4N5O2. The molecule has 0 saturated heterocycles. The molecule has 5 rings (SSSR count). The molecule has 0 spiro atoms. The Morgan fingerprint density at radius 2 is 1.71 bits per heavy atom. The molecule has 0 aliphatic rings. The van der Waals surface area contributed by atoms with Gasteiger partial charge in [0.25, 0.3) is 5.91 Å². The minimum absolute atomic E-state index is 0.149. The van der Waals surface area contributed by atoms with Crippen LogP contribution in [-0.4, -0.2) is 30.8 Å². The van der Waals surface area contributed by atoms with Gasteiger partial charge in [-0.1, -0.05) is 24.3 Å². The Morgan fingerprint density at radius 3 is 2.37 bits per heavy atom. The monoisotopic (exact) mass is 521 g/mol. The molecule has 2 N–H and O–H groups in total. The van der Waals surface area contributed by atoms with E-state index in [9.17, 15) is 23.1 Å². The molecule has 0 saturated carbocycles. The van der Waals surface area contributed by atoms with Crippen LogP contribution in [0.4, 0.5) is 23.4 Å². The Morgan fingerprint density at radius 1 is 1.00 bits per heavy atom. The van der Waals surface area contributed by atoms with Gasteiger partial charge in [-0.3, -0.25) is 4.79 Å². The van der Waals surface area contributed by atoms with Crippen LogP contribution in [0.25, 0.3) is 28.0 Å². The lowest BCUT2D eigenvalue weighted by atomic mass is 10.0.